The van der Waals surface area contributed by atoms with Crippen LogP contribution in [0.15, 0.2) is 65.3 Å². The third kappa shape index (κ3) is 7.92. The Bertz CT molecular complexity index is 1280. The summed E-state index contributed by atoms with van der Waals surface area (Å²) in [4.78, 5) is 32.8. The van der Waals surface area contributed by atoms with E-state index in [1.54, 1.807) is 53.5 Å². The molecule has 218 valence electrons. The van der Waals surface area contributed by atoms with Crippen LogP contribution in [0.3, 0.4) is 0 Å². The minimum Gasteiger partial charge on any atom is -0.497 e. The number of anilines is 1. The standard InChI is InChI=1S/C30H36N4O7/c1-37-25-8-6-24(7-9-25)31-30(36)33(12-3-11-32-13-16-38-17-14-32)21-29(35)34(20-26-4-2-15-39-26)19-23-5-10-27-28(18-23)41-22-40-27/h2,4-10,15,18H,3,11-14,16-17,19-22H2,1H3,(H,31,36). The molecule has 0 radical (unpaired) electrons. The maximum absolute atomic E-state index is 13.8. The number of hydrogen-bond acceptors (Lipinski definition) is 8. The Labute approximate surface area is 239 Å². The van der Waals surface area contributed by atoms with Gasteiger partial charge in [-0.25, -0.2) is 4.79 Å². The smallest absolute Gasteiger partial charge is 0.322 e. The molecule has 3 amide bonds. The number of carbonyl (C=O) groups excluding carboxylic acids is 2. The monoisotopic (exact) mass is 564 g/mol. The normalized spacial score (nSPS) is 14.5. The van der Waals surface area contributed by atoms with Gasteiger partial charge in [0.2, 0.25) is 12.7 Å². The second-order valence-corrected chi connectivity index (χ2v) is 9.90. The fourth-order valence-corrected chi connectivity index (χ4v) is 4.79. The van der Waals surface area contributed by atoms with E-state index in [9.17, 15) is 9.59 Å². The molecule has 2 aliphatic heterocycles. The van der Waals surface area contributed by atoms with Gasteiger partial charge in [-0.05, 0) is 60.5 Å². The Morgan fingerprint density at radius 1 is 0.976 bits per heavy atom. The maximum Gasteiger partial charge on any atom is 0.322 e. The number of carbonyl (C=O) groups is 2. The van der Waals surface area contributed by atoms with Crippen molar-refractivity contribution in [2.45, 2.75) is 19.5 Å². The number of hydrogen-bond donors (Lipinski definition) is 1. The number of methoxy groups -OCH3 is 1. The molecule has 11 heteroatoms. The summed E-state index contributed by atoms with van der Waals surface area (Å²) in [5, 5.41) is 2.93. The first-order chi connectivity index (χ1) is 20.1. The number of rotatable bonds is 12. The molecule has 0 bridgehead atoms. The van der Waals surface area contributed by atoms with E-state index in [-0.39, 0.29) is 31.8 Å². The van der Waals surface area contributed by atoms with Crippen LogP contribution in [0.5, 0.6) is 17.2 Å². The third-order valence-electron chi connectivity index (χ3n) is 7.05. The van der Waals surface area contributed by atoms with Crippen molar-refractivity contribution in [3.05, 3.63) is 72.2 Å². The van der Waals surface area contributed by atoms with Crippen molar-refractivity contribution in [1.82, 2.24) is 14.7 Å². The predicted molar refractivity (Wildman–Crippen MR) is 151 cm³/mol. The van der Waals surface area contributed by atoms with Gasteiger partial charge in [0.1, 0.15) is 18.1 Å². The lowest BCUT2D eigenvalue weighted by Crippen LogP contribution is -2.45. The number of nitrogens with one attached hydrogen (secondary N) is 1. The van der Waals surface area contributed by atoms with Crippen LogP contribution in [-0.2, 0) is 22.6 Å². The van der Waals surface area contributed by atoms with E-state index in [1.807, 2.05) is 24.3 Å². The summed E-state index contributed by atoms with van der Waals surface area (Å²) < 4.78 is 27.2. The number of fused-ring (bicyclic) bond motifs is 1. The van der Waals surface area contributed by atoms with Gasteiger partial charge in [0.25, 0.3) is 0 Å². The predicted octanol–water partition coefficient (Wildman–Crippen LogP) is 3.80. The largest absolute Gasteiger partial charge is 0.497 e. The molecule has 1 aromatic heterocycles. The molecule has 0 spiro atoms. The minimum absolute atomic E-state index is 0.0869. The molecule has 3 aromatic rings. The zero-order valence-corrected chi connectivity index (χ0v) is 23.3. The fourth-order valence-electron chi connectivity index (χ4n) is 4.79. The molecule has 0 aliphatic carbocycles. The van der Waals surface area contributed by atoms with E-state index >= 15 is 0 Å². The van der Waals surface area contributed by atoms with E-state index in [4.69, 9.17) is 23.4 Å². The molecule has 11 nitrogen and oxygen atoms in total. The third-order valence-corrected chi connectivity index (χ3v) is 7.05. The van der Waals surface area contributed by atoms with Crippen molar-refractivity contribution in [2.24, 2.45) is 0 Å². The highest BCUT2D eigenvalue weighted by Crippen LogP contribution is 2.33. The van der Waals surface area contributed by atoms with Gasteiger partial charge in [0.05, 0.1) is 33.1 Å². The second-order valence-electron chi connectivity index (χ2n) is 9.90. The van der Waals surface area contributed by atoms with Crippen LogP contribution in [0, 0.1) is 0 Å². The minimum atomic E-state index is -0.341. The van der Waals surface area contributed by atoms with Gasteiger partial charge < -0.3 is 38.5 Å². The number of benzene rings is 2. The molecule has 5 rings (SSSR count). The summed E-state index contributed by atoms with van der Waals surface area (Å²) in [7, 11) is 1.59. The van der Waals surface area contributed by atoms with Crippen molar-refractivity contribution >= 4 is 17.6 Å². The van der Waals surface area contributed by atoms with E-state index in [0.717, 1.165) is 31.6 Å². The molecular weight excluding hydrogens is 528 g/mol. The van der Waals surface area contributed by atoms with Crippen LogP contribution in [-0.4, -0.2) is 86.5 Å². The second kappa shape index (κ2) is 13.9. The van der Waals surface area contributed by atoms with Crippen molar-refractivity contribution in [3.8, 4) is 17.2 Å². The van der Waals surface area contributed by atoms with Gasteiger partial charge in [-0.15, -0.1) is 0 Å². The Balaban J connectivity index is 1.29. The number of amides is 3. The fraction of sp³-hybridized carbons (Fsp3) is 0.400. The summed E-state index contributed by atoms with van der Waals surface area (Å²) in [5.41, 5.74) is 1.50. The average Bonchev–Trinajstić information content (AvgIpc) is 3.69. The molecule has 41 heavy (non-hydrogen) atoms. The maximum atomic E-state index is 13.8. The van der Waals surface area contributed by atoms with Crippen molar-refractivity contribution in [2.75, 3.05) is 65.2 Å². The molecule has 0 saturated carbocycles. The number of urea groups is 1. The number of furan rings is 1. The molecule has 1 saturated heterocycles. The Kier molecular flexibility index (Phi) is 9.61. The van der Waals surface area contributed by atoms with E-state index in [1.165, 1.54) is 0 Å². The molecule has 3 heterocycles. The van der Waals surface area contributed by atoms with Crippen LogP contribution >= 0.6 is 0 Å². The summed E-state index contributed by atoms with van der Waals surface area (Å²) in [5.74, 6) is 2.48. The summed E-state index contributed by atoms with van der Waals surface area (Å²) >= 11 is 0. The molecule has 0 unspecified atom stereocenters. The zero-order valence-electron chi connectivity index (χ0n) is 23.3. The van der Waals surface area contributed by atoms with Crippen LogP contribution < -0.4 is 19.5 Å². The molecule has 2 aliphatic rings. The van der Waals surface area contributed by atoms with Gasteiger partial charge >= 0.3 is 6.03 Å². The van der Waals surface area contributed by atoms with Crippen molar-refractivity contribution < 1.29 is 33.0 Å². The van der Waals surface area contributed by atoms with Gasteiger partial charge in [-0.1, -0.05) is 6.07 Å². The van der Waals surface area contributed by atoms with E-state index < -0.39 is 0 Å². The lowest BCUT2D eigenvalue weighted by atomic mass is 10.2. The van der Waals surface area contributed by atoms with Crippen molar-refractivity contribution in [1.29, 1.82) is 0 Å². The van der Waals surface area contributed by atoms with Crippen LogP contribution in [0.1, 0.15) is 17.7 Å². The molecule has 0 atom stereocenters. The van der Waals surface area contributed by atoms with Crippen LogP contribution in [0.25, 0.3) is 0 Å². The highest BCUT2D eigenvalue weighted by atomic mass is 16.7. The SMILES string of the molecule is COc1ccc(NC(=O)N(CCCN2CCOCC2)CC(=O)N(Cc2ccc3c(c2)OCO3)Cc2ccco2)cc1. The summed E-state index contributed by atoms with van der Waals surface area (Å²) in [6.45, 7) is 5.06. The van der Waals surface area contributed by atoms with Gasteiger partial charge in [0, 0.05) is 38.4 Å². The highest BCUT2D eigenvalue weighted by Gasteiger charge is 2.24. The lowest BCUT2D eigenvalue weighted by molar-refractivity contribution is -0.133. The summed E-state index contributed by atoms with van der Waals surface area (Å²) in [6.07, 6.45) is 2.31. The lowest BCUT2D eigenvalue weighted by Gasteiger charge is -2.30. The Morgan fingerprint density at radius 2 is 1.78 bits per heavy atom. The van der Waals surface area contributed by atoms with Gasteiger partial charge in [-0.3, -0.25) is 9.69 Å². The number of morpholine rings is 1. The zero-order chi connectivity index (χ0) is 28.4. The van der Waals surface area contributed by atoms with Gasteiger partial charge in [0.15, 0.2) is 11.5 Å². The average molecular weight is 565 g/mol. The Hall–Kier alpha value is -4.22. The Morgan fingerprint density at radius 3 is 2.54 bits per heavy atom. The first kappa shape index (κ1) is 28.3. The number of ether oxygens (including phenoxy) is 4. The van der Waals surface area contributed by atoms with Crippen LogP contribution in [0.2, 0.25) is 0 Å². The molecule has 2 aromatic carbocycles. The van der Waals surface area contributed by atoms with E-state index in [2.05, 4.69) is 10.2 Å². The number of nitrogens with zero attached hydrogens (tertiary/aromatic N) is 3. The van der Waals surface area contributed by atoms with Crippen LogP contribution in [0.4, 0.5) is 10.5 Å². The topological polar surface area (TPSA) is 106 Å². The first-order valence-electron chi connectivity index (χ1n) is 13.8. The summed E-state index contributed by atoms with van der Waals surface area (Å²) in [6, 6.07) is 16.0. The van der Waals surface area contributed by atoms with Crippen molar-refractivity contribution in [3.63, 3.8) is 0 Å². The molecular formula is C30H36N4O7. The molecule has 1 fully saturated rings. The van der Waals surface area contributed by atoms with E-state index in [0.29, 0.717) is 55.0 Å². The van der Waals surface area contributed by atoms with Gasteiger partial charge in [-0.2, -0.15) is 0 Å². The first-order valence-corrected chi connectivity index (χ1v) is 13.8. The highest BCUT2D eigenvalue weighted by molar-refractivity contribution is 5.92. The quantitative estimate of drug-likeness (QED) is 0.354. The molecule has 1 N–H and O–H groups in total.